The first-order valence-electron chi connectivity index (χ1n) is 16.0. The quantitative estimate of drug-likeness (QED) is 0.141. The topological polar surface area (TPSA) is 79.6 Å². The highest BCUT2D eigenvalue weighted by molar-refractivity contribution is 6.23. The number of amidine groups is 2. The first kappa shape index (κ1) is 27.8. The fourth-order valence-corrected chi connectivity index (χ4v) is 6.82. The van der Waals surface area contributed by atoms with Gasteiger partial charge in [0.15, 0.2) is 0 Å². The number of hydrogen-bond acceptors (Lipinski definition) is 4. The molecule has 0 aliphatic carbocycles. The minimum absolute atomic E-state index is 0.627. The Hall–Kier alpha value is -6.53. The molecular weight excluding hydrogens is 589 g/mol. The van der Waals surface area contributed by atoms with Crippen LogP contribution in [0.5, 0.6) is 0 Å². The van der Waals surface area contributed by atoms with Crippen LogP contribution in [-0.2, 0) is 0 Å². The summed E-state index contributed by atoms with van der Waals surface area (Å²) in [6.07, 6.45) is 0.829. The van der Waals surface area contributed by atoms with Gasteiger partial charge in [-0.05, 0) is 69.1 Å². The Morgan fingerprint density at radius 3 is 2.08 bits per heavy atom. The Bertz CT molecular complexity index is 2570. The van der Waals surface area contributed by atoms with Gasteiger partial charge < -0.3 is 25.6 Å². The summed E-state index contributed by atoms with van der Waals surface area (Å²) in [5, 5.41) is 24.2. The summed E-state index contributed by atoms with van der Waals surface area (Å²) >= 11 is 0. The number of aliphatic imine (C=N–C) groups is 2. The van der Waals surface area contributed by atoms with E-state index in [1.54, 1.807) is 0 Å². The van der Waals surface area contributed by atoms with E-state index in [2.05, 4.69) is 70.5 Å². The van der Waals surface area contributed by atoms with Crippen molar-refractivity contribution in [1.29, 1.82) is 5.41 Å². The van der Waals surface area contributed by atoms with Gasteiger partial charge in [-0.2, -0.15) is 0 Å². The van der Waals surface area contributed by atoms with Crippen LogP contribution >= 0.6 is 0 Å². The molecule has 0 amide bonds. The van der Waals surface area contributed by atoms with E-state index in [-0.39, 0.29) is 0 Å². The Kier molecular flexibility index (Phi) is 6.57. The lowest BCUT2D eigenvalue weighted by Gasteiger charge is -2.34. The highest BCUT2D eigenvalue weighted by atomic mass is 15.3. The second kappa shape index (κ2) is 11.4. The third-order valence-electron chi connectivity index (χ3n) is 9.05. The summed E-state index contributed by atoms with van der Waals surface area (Å²) in [6, 6.07) is 51.8. The summed E-state index contributed by atoms with van der Waals surface area (Å²) < 4.78 is 2.21. The molecule has 1 aliphatic rings. The largest absolute Gasteiger partial charge is 0.424 e. The molecule has 2 N–H and O–H groups in total. The fraction of sp³-hybridized carbons (Fsp3) is 0.0238. The lowest BCUT2D eigenvalue weighted by molar-refractivity contribution is 0.659. The predicted octanol–water partition coefficient (Wildman–Crippen LogP) is 10.6. The van der Waals surface area contributed by atoms with Crippen molar-refractivity contribution < 1.29 is 0 Å². The molecule has 6 nitrogen and oxygen atoms in total. The summed E-state index contributed by atoms with van der Waals surface area (Å²) in [4.78, 5) is 10.2. The van der Waals surface area contributed by atoms with E-state index in [4.69, 9.17) is 20.7 Å². The molecule has 1 unspecified atom stereocenters. The molecule has 0 spiro atoms. The number of rotatable bonds is 6. The second-order valence-electron chi connectivity index (χ2n) is 11.9. The van der Waals surface area contributed by atoms with E-state index in [0.29, 0.717) is 11.7 Å². The van der Waals surface area contributed by atoms with Crippen LogP contribution < -0.4 is 5.32 Å². The van der Waals surface area contributed by atoms with Crippen LogP contribution in [0.4, 0.5) is 11.4 Å². The van der Waals surface area contributed by atoms with Gasteiger partial charge in [0.2, 0.25) is 0 Å². The average Bonchev–Trinajstić information content (AvgIpc) is 3.48. The molecule has 7 aromatic carbocycles. The minimum atomic E-state index is -0.627. The zero-order chi connectivity index (χ0) is 32.0. The van der Waals surface area contributed by atoms with Crippen LogP contribution in [0.3, 0.4) is 0 Å². The lowest BCUT2D eigenvalue weighted by Crippen LogP contribution is -2.19. The number of benzene rings is 7. The predicted molar refractivity (Wildman–Crippen MR) is 200 cm³/mol. The molecular formula is C42H29N6-. The minimum Gasteiger partial charge on any atom is -0.424 e. The van der Waals surface area contributed by atoms with Crippen LogP contribution in [0.1, 0.15) is 23.0 Å². The Labute approximate surface area is 277 Å². The Balaban J connectivity index is 1.34. The summed E-state index contributed by atoms with van der Waals surface area (Å²) in [6.45, 7) is 0. The lowest BCUT2D eigenvalue weighted by atomic mass is 9.98. The molecule has 8 aromatic rings. The van der Waals surface area contributed by atoms with Crippen molar-refractivity contribution >= 4 is 72.6 Å². The van der Waals surface area contributed by atoms with Gasteiger partial charge in [-0.15, -0.1) is 0 Å². The highest BCUT2D eigenvalue weighted by Crippen LogP contribution is 2.42. The van der Waals surface area contributed by atoms with E-state index < -0.39 is 6.29 Å². The summed E-state index contributed by atoms with van der Waals surface area (Å²) in [7, 11) is 0. The van der Waals surface area contributed by atoms with Crippen molar-refractivity contribution in [3.8, 4) is 0 Å². The van der Waals surface area contributed by atoms with Gasteiger partial charge >= 0.3 is 0 Å². The van der Waals surface area contributed by atoms with Gasteiger partial charge in [0.05, 0.1) is 16.9 Å². The maximum atomic E-state index is 8.70. The summed E-state index contributed by atoms with van der Waals surface area (Å²) in [5.41, 5.74) is 6.42. The zero-order valence-corrected chi connectivity index (χ0v) is 25.9. The molecule has 0 bridgehead atoms. The molecule has 0 radical (unpaired) electrons. The van der Waals surface area contributed by atoms with Crippen LogP contribution in [-0.4, -0.2) is 22.5 Å². The average molecular weight is 618 g/mol. The van der Waals surface area contributed by atoms with Crippen molar-refractivity contribution in [2.75, 3.05) is 5.32 Å². The van der Waals surface area contributed by atoms with Crippen molar-refractivity contribution in [2.45, 2.75) is 6.29 Å². The first-order valence-corrected chi connectivity index (χ1v) is 16.0. The number of hydrogen-bond donors (Lipinski definition) is 2. The van der Waals surface area contributed by atoms with Crippen LogP contribution in [0, 0.1) is 5.41 Å². The van der Waals surface area contributed by atoms with Gasteiger partial charge in [-0.1, -0.05) is 121 Å². The number of para-hydroxylation sites is 1. The van der Waals surface area contributed by atoms with E-state index in [1.165, 1.54) is 17.0 Å². The van der Waals surface area contributed by atoms with Crippen molar-refractivity contribution in [3.63, 3.8) is 0 Å². The molecule has 1 aromatic heterocycles. The molecule has 0 saturated carbocycles. The third-order valence-corrected chi connectivity index (χ3v) is 9.05. The number of nitrogens with one attached hydrogen (secondary N) is 2. The van der Waals surface area contributed by atoms with E-state index >= 15 is 0 Å². The number of aromatic nitrogens is 1. The monoisotopic (exact) mass is 617 g/mol. The smallest absolute Gasteiger partial charge is 0.135 e. The van der Waals surface area contributed by atoms with Gasteiger partial charge in [-0.3, -0.25) is 4.99 Å². The SMILES string of the molecule is N=Cc1c(Nc2ccccc2)ccc2c1c1cc3c(ccc4ccccc43)cc1n2C1N=C(c2ccccc2)N=C(c2ccccc2)[N-]1. The zero-order valence-electron chi connectivity index (χ0n) is 25.9. The van der Waals surface area contributed by atoms with Gasteiger partial charge in [0.25, 0.3) is 0 Å². The molecule has 9 rings (SSSR count). The number of nitrogens with zero attached hydrogens (tertiary/aromatic N) is 4. The fourth-order valence-electron chi connectivity index (χ4n) is 6.82. The van der Waals surface area contributed by atoms with Gasteiger partial charge in [0, 0.05) is 33.9 Å². The van der Waals surface area contributed by atoms with Gasteiger partial charge in [0.1, 0.15) is 6.29 Å². The molecule has 48 heavy (non-hydrogen) atoms. The van der Waals surface area contributed by atoms with Crippen LogP contribution in [0.2, 0.25) is 0 Å². The van der Waals surface area contributed by atoms with Crippen LogP contribution in [0.15, 0.2) is 162 Å². The van der Waals surface area contributed by atoms with E-state index in [1.807, 2.05) is 91.0 Å². The molecule has 0 saturated heterocycles. The number of anilines is 2. The first-order chi connectivity index (χ1) is 23.7. The molecule has 1 aliphatic heterocycles. The Morgan fingerprint density at radius 2 is 1.31 bits per heavy atom. The third kappa shape index (κ3) is 4.62. The molecule has 0 fully saturated rings. The van der Waals surface area contributed by atoms with Crippen LogP contribution in [0.25, 0.3) is 48.7 Å². The normalized spacial score (nSPS) is 14.5. The highest BCUT2D eigenvalue weighted by Gasteiger charge is 2.22. The molecule has 1 atom stereocenters. The maximum absolute atomic E-state index is 8.70. The molecule has 6 heteroatoms. The van der Waals surface area contributed by atoms with Crippen molar-refractivity contribution in [3.05, 3.63) is 174 Å². The molecule has 228 valence electrons. The maximum Gasteiger partial charge on any atom is 0.135 e. The number of fused-ring (bicyclic) bond motifs is 6. The standard InChI is InChI=1S/C42H29N6/c43-26-35-36(44-31-17-8-3-9-18-31)22-23-37-39(35)34-25-33-30(21-20-27-12-10-11-19-32(27)33)24-38(34)48(37)42-46-40(28-13-4-1-5-14-28)45-41(47-42)29-15-6-2-7-16-29/h1-26,42-44H/q-1. The van der Waals surface area contributed by atoms with E-state index in [9.17, 15) is 0 Å². The van der Waals surface area contributed by atoms with Crippen molar-refractivity contribution in [1.82, 2.24) is 4.57 Å². The van der Waals surface area contributed by atoms with E-state index in [0.717, 1.165) is 60.6 Å². The molecule has 2 heterocycles. The van der Waals surface area contributed by atoms with Crippen molar-refractivity contribution in [2.24, 2.45) is 9.98 Å². The second-order valence-corrected chi connectivity index (χ2v) is 11.9. The summed E-state index contributed by atoms with van der Waals surface area (Å²) in [5.74, 6) is 1.26. The Morgan fingerprint density at radius 1 is 0.625 bits per heavy atom. The van der Waals surface area contributed by atoms with Gasteiger partial charge in [-0.25, -0.2) is 0 Å².